The predicted octanol–water partition coefficient (Wildman–Crippen LogP) is 3.12. The topological polar surface area (TPSA) is 92.4 Å². The molecular formula is C17H18N2O4S. The summed E-state index contributed by atoms with van der Waals surface area (Å²) in [5.41, 5.74) is 3.63. The van der Waals surface area contributed by atoms with Gasteiger partial charge in [-0.2, -0.15) is 0 Å². The lowest BCUT2D eigenvalue weighted by atomic mass is 9.92. The highest BCUT2D eigenvalue weighted by Crippen LogP contribution is 2.40. The van der Waals surface area contributed by atoms with Crippen LogP contribution in [-0.4, -0.2) is 22.1 Å². The van der Waals surface area contributed by atoms with E-state index in [9.17, 15) is 14.7 Å². The average molecular weight is 346 g/mol. The lowest BCUT2D eigenvalue weighted by Gasteiger charge is -2.13. The first-order valence-corrected chi connectivity index (χ1v) is 9.06. The van der Waals surface area contributed by atoms with Crippen LogP contribution >= 0.6 is 11.3 Å². The minimum absolute atomic E-state index is 0.200. The van der Waals surface area contributed by atoms with Crippen LogP contribution < -0.4 is 5.32 Å². The second kappa shape index (κ2) is 6.05. The van der Waals surface area contributed by atoms with Crippen LogP contribution in [0.3, 0.4) is 0 Å². The molecule has 1 fully saturated rings. The number of aromatic carboxylic acids is 1. The van der Waals surface area contributed by atoms with Gasteiger partial charge < -0.3 is 14.9 Å². The molecule has 4 rings (SSSR count). The van der Waals surface area contributed by atoms with E-state index in [1.807, 2.05) is 0 Å². The van der Waals surface area contributed by atoms with Crippen molar-refractivity contribution in [2.75, 3.05) is 0 Å². The third-order valence-electron chi connectivity index (χ3n) is 4.70. The molecule has 0 bridgehead atoms. The van der Waals surface area contributed by atoms with E-state index in [-0.39, 0.29) is 5.91 Å². The third-order valence-corrected chi connectivity index (χ3v) is 5.96. The monoisotopic (exact) mass is 346 g/mol. The Hall–Kier alpha value is -2.15. The van der Waals surface area contributed by atoms with Crippen molar-refractivity contribution >= 4 is 23.2 Å². The Morgan fingerprint density at radius 3 is 2.62 bits per heavy atom. The molecule has 1 saturated carbocycles. The van der Waals surface area contributed by atoms with E-state index in [1.165, 1.54) is 0 Å². The van der Waals surface area contributed by atoms with Gasteiger partial charge in [-0.25, -0.2) is 4.79 Å². The van der Waals surface area contributed by atoms with Gasteiger partial charge in [0.15, 0.2) is 0 Å². The molecule has 2 N–H and O–H groups in total. The van der Waals surface area contributed by atoms with Crippen molar-refractivity contribution in [1.29, 1.82) is 0 Å². The fourth-order valence-corrected chi connectivity index (χ4v) is 4.49. The van der Waals surface area contributed by atoms with Gasteiger partial charge in [0.2, 0.25) is 0 Å². The minimum Gasteiger partial charge on any atom is -0.477 e. The minimum atomic E-state index is -0.938. The number of carbonyl (C=O) groups is 2. The van der Waals surface area contributed by atoms with Gasteiger partial charge in [-0.1, -0.05) is 5.16 Å². The summed E-state index contributed by atoms with van der Waals surface area (Å²) in [6, 6.07) is 0. The van der Waals surface area contributed by atoms with Gasteiger partial charge in [0, 0.05) is 18.0 Å². The molecule has 0 saturated heterocycles. The number of fused-ring (bicyclic) bond motifs is 1. The fourth-order valence-electron chi connectivity index (χ4n) is 3.34. The van der Waals surface area contributed by atoms with Gasteiger partial charge in [0.05, 0.1) is 10.6 Å². The first-order chi connectivity index (χ1) is 11.6. The normalized spacial score (nSPS) is 16.7. The molecule has 0 radical (unpaired) electrons. The van der Waals surface area contributed by atoms with Crippen LogP contribution in [0, 0.1) is 0 Å². The Bertz CT molecular complexity index is 804. The highest BCUT2D eigenvalue weighted by atomic mass is 32.1. The van der Waals surface area contributed by atoms with Crippen molar-refractivity contribution in [2.24, 2.45) is 0 Å². The SMILES string of the molecule is O=C(O)c1sc(C(=O)NCc2conc2C2CC2)c2c1CCCC2. The molecule has 2 aromatic heterocycles. The van der Waals surface area contributed by atoms with E-state index in [4.69, 9.17) is 4.52 Å². The quantitative estimate of drug-likeness (QED) is 0.868. The molecule has 2 heterocycles. The van der Waals surface area contributed by atoms with Crippen LogP contribution in [0.1, 0.15) is 73.3 Å². The lowest BCUT2D eigenvalue weighted by molar-refractivity contribution is 0.0700. The van der Waals surface area contributed by atoms with Crippen molar-refractivity contribution in [3.63, 3.8) is 0 Å². The van der Waals surface area contributed by atoms with Crippen LogP contribution in [-0.2, 0) is 19.4 Å². The molecule has 2 aliphatic rings. The van der Waals surface area contributed by atoms with E-state index in [2.05, 4.69) is 10.5 Å². The van der Waals surface area contributed by atoms with Crippen molar-refractivity contribution in [3.05, 3.63) is 38.4 Å². The molecule has 24 heavy (non-hydrogen) atoms. The summed E-state index contributed by atoms with van der Waals surface area (Å²) in [4.78, 5) is 24.9. The molecule has 0 aromatic carbocycles. The van der Waals surface area contributed by atoms with Gasteiger partial charge in [0.1, 0.15) is 11.1 Å². The van der Waals surface area contributed by atoms with E-state index in [0.29, 0.717) is 22.2 Å². The number of carboxylic acid groups (broad SMARTS) is 1. The van der Waals surface area contributed by atoms with Crippen molar-refractivity contribution in [2.45, 2.75) is 51.0 Å². The number of amides is 1. The number of rotatable bonds is 5. The number of hydrogen-bond acceptors (Lipinski definition) is 5. The molecule has 126 valence electrons. The number of carboxylic acids is 1. The standard InChI is InChI=1S/C17H18N2O4S/c20-16(18-7-10-8-23-19-13(10)9-5-6-9)14-11-3-1-2-4-12(11)15(24-14)17(21)22/h8-9H,1-7H2,(H,18,20)(H,21,22). The summed E-state index contributed by atoms with van der Waals surface area (Å²) >= 11 is 1.10. The molecule has 6 nitrogen and oxygen atoms in total. The Morgan fingerprint density at radius 1 is 1.25 bits per heavy atom. The van der Waals surface area contributed by atoms with E-state index in [1.54, 1.807) is 6.26 Å². The zero-order valence-corrected chi connectivity index (χ0v) is 13.9. The molecule has 2 aliphatic carbocycles. The van der Waals surface area contributed by atoms with Gasteiger partial charge in [-0.3, -0.25) is 4.79 Å². The Kier molecular flexibility index (Phi) is 3.88. The molecule has 0 unspecified atom stereocenters. The van der Waals surface area contributed by atoms with Crippen molar-refractivity contribution in [3.8, 4) is 0 Å². The van der Waals surface area contributed by atoms with Crippen LogP contribution in [0.4, 0.5) is 0 Å². The third kappa shape index (κ3) is 2.73. The second-order valence-corrected chi connectivity index (χ2v) is 7.43. The first kappa shape index (κ1) is 15.4. The predicted molar refractivity (Wildman–Crippen MR) is 87.6 cm³/mol. The number of aromatic nitrogens is 1. The van der Waals surface area contributed by atoms with Crippen LogP contribution in [0.2, 0.25) is 0 Å². The maximum atomic E-state index is 12.6. The van der Waals surface area contributed by atoms with E-state index in [0.717, 1.165) is 72.2 Å². The molecule has 0 aliphatic heterocycles. The van der Waals surface area contributed by atoms with Crippen LogP contribution in [0.15, 0.2) is 10.8 Å². The smallest absolute Gasteiger partial charge is 0.346 e. The van der Waals surface area contributed by atoms with Crippen LogP contribution in [0.25, 0.3) is 0 Å². The zero-order chi connectivity index (χ0) is 16.7. The highest BCUT2D eigenvalue weighted by Gasteiger charge is 2.30. The van der Waals surface area contributed by atoms with Crippen molar-refractivity contribution < 1.29 is 19.2 Å². The molecule has 0 atom stereocenters. The Labute approximate surface area is 142 Å². The largest absolute Gasteiger partial charge is 0.477 e. The second-order valence-electron chi connectivity index (χ2n) is 6.41. The summed E-state index contributed by atoms with van der Waals surface area (Å²) in [6.07, 6.45) is 7.33. The van der Waals surface area contributed by atoms with E-state index < -0.39 is 5.97 Å². The van der Waals surface area contributed by atoms with Crippen LogP contribution in [0.5, 0.6) is 0 Å². The number of thiophene rings is 1. The summed E-state index contributed by atoms with van der Waals surface area (Å²) in [6.45, 7) is 0.364. The van der Waals surface area contributed by atoms with Gasteiger partial charge in [0.25, 0.3) is 5.91 Å². The Morgan fingerprint density at radius 2 is 1.96 bits per heavy atom. The number of carbonyl (C=O) groups excluding carboxylic acids is 1. The summed E-state index contributed by atoms with van der Waals surface area (Å²) in [7, 11) is 0. The molecule has 2 aromatic rings. The fraction of sp³-hybridized carbons (Fsp3) is 0.471. The molecular weight excluding hydrogens is 328 g/mol. The summed E-state index contributed by atoms with van der Waals surface area (Å²) < 4.78 is 5.03. The number of hydrogen-bond donors (Lipinski definition) is 2. The lowest BCUT2D eigenvalue weighted by Crippen LogP contribution is -2.23. The van der Waals surface area contributed by atoms with Crippen molar-refractivity contribution in [1.82, 2.24) is 10.5 Å². The molecule has 0 spiro atoms. The maximum Gasteiger partial charge on any atom is 0.346 e. The molecule has 1 amide bonds. The summed E-state index contributed by atoms with van der Waals surface area (Å²) in [5, 5.41) is 16.3. The van der Waals surface area contributed by atoms with Gasteiger partial charge in [-0.05, 0) is 49.7 Å². The van der Waals surface area contributed by atoms with E-state index >= 15 is 0 Å². The number of nitrogens with one attached hydrogen (secondary N) is 1. The number of nitrogens with zero attached hydrogens (tertiary/aromatic N) is 1. The summed E-state index contributed by atoms with van der Waals surface area (Å²) in [5.74, 6) is -0.676. The first-order valence-electron chi connectivity index (χ1n) is 8.24. The Balaban J connectivity index is 1.54. The van der Waals surface area contributed by atoms with Gasteiger partial charge >= 0.3 is 5.97 Å². The van der Waals surface area contributed by atoms with Gasteiger partial charge in [-0.15, -0.1) is 11.3 Å². The highest BCUT2D eigenvalue weighted by molar-refractivity contribution is 7.16. The average Bonchev–Trinajstić information content (AvgIpc) is 3.18. The molecule has 7 heteroatoms. The maximum absolute atomic E-state index is 12.6. The zero-order valence-electron chi connectivity index (χ0n) is 13.1.